The van der Waals surface area contributed by atoms with Crippen molar-refractivity contribution in [2.45, 2.75) is 0 Å². The second kappa shape index (κ2) is 5.13. The quantitative estimate of drug-likeness (QED) is 0.358. The van der Waals surface area contributed by atoms with Crippen molar-refractivity contribution in [2.24, 2.45) is 11.7 Å². The third-order valence-corrected chi connectivity index (χ3v) is 2.94. The van der Waals surface area contributed by atoms with E-state index in [9.17, 15) is 4.79 Å². The fourth-order valence-corrected chi connectivity index (χ4v) is 1.89. The van der Waals surface area contributed by atoms with Gasteiger partial charge in [0, 0.05) is 37.4 Å². The van der Waals surface area contributed by atoms with Crippen molar-refractivity contribution in [2.75, 3.05) is 31.1 Å². The summed E-state index contributed by atoms with van der Waals surface area (Å²) in [6.45, 7) is 3.51. The van der Waals surface area contributed by atoms with Gasteiger partial charge in [-0.25, -0.2) is 10.9 Å². The number of benzene rings is 1. The van der Waals surface area contributed by atoms with Gasteiger partial charge in [-0.1, -0.05) is 0 Å². The van der Waals surface area contributed by atoms with E-state index in [1.165, 1.54) is 0 Å². The first-order chi connectivity index (χ1) is 8.20. The van der Waals surface area contributed by atoms with E-state index in [2.05, 4.69) is 10.3 Å². The molecule has 0 atom stereocenters. The van der Waals surface area contributed by atoms with Crippen molar-refractivity contribution < 1.29 is 4.79 Å². The second-order valence-electron chi connectivity index (χ2n) is 4.04. The zero-order chi connectivity index (χ0) is 12.3. The molecule has 0 unspecified atom stereocenters. The molecule has 1 aromatic carbocycles. The number of piperazine rings is 1. The van der Waals surface area contributed by atoms with Crippen molar-refractivity contribution >= 4 is 11.6 Å². The number of carbonyl (C=O) groups excluding carboxylic acids is 1. The average molecular weight is 235 g/mol. The molecule has 1 amide bonds. The van der Waals surface area contributed by atoms with Gasteiger partial charge in [-0.3, -0.25) is 16.1 Å². The third kappa shape index (κ3) is 2.73. The Labute approximate surface area is 100 Å². The second-order valence-corrected chi connectivity index (χ2v) is 4.04. The Bertz CT molecular complexity index is 383. The van der Waals surface area contributed by atoms with E-state index in [-0.39, 0.29) is 5.91 Å². The van der Waals surface area contributed by atoms with Crippen LogP contribution in [0.2, 0.25) is 0 Å². The zero-order valence-corrected chi connectivity index (χ0v) is 9.60. The first-order valence-electron chi connectivity index (χ1n) is 5.56. The number of carbonyl (C=O) groups is 1. The van der Waals surface area contributed by atoms with Crippen LogP contribution in [-0.4, -0.2) is 37.1 Å². The van der Waals surface area contributed by atoms with E-state index in [1.807, 2.05) is 17.1 Å². The van der Waals surface area contributed by atoms with Crippen molar-refractivity contribution in [1.82, 2.24) is 10.4 Å². The van der Waals surface area contributed by atoms with Crippen LogP contribution in [0.4, 0.5) is 5.69 Å². The summed E-state index contributed by atoms with van der Waals surface area (Å²) in [5, 5.41) is 1.81. The van der Waals surface area contributed by atoms with Crippen LogP contribution in [-0.2, 0) is 0 Å². The van der Waals surface area contributed by atoms with Gasteiger partial charge in [0.2, 0.25) is 0 Å². The molecule has 1 fully saturated rings. The van der Waals surface area contributed by atoms with Gasteiger partial charge in [0.1, 0.15) is 0 Å². The van der Waals surface area contributed by atoms with E-state index < -0.39 is 0 Å². The number of anilines is 1. The number of nitrogens with one attached hydrogen (secondary N) is 1. The van der Waals surface area contributed by atoms with Crippen molar-refractivity contribution in [1.29, 1.82) is 0 Å². The number of nitrogens with zero attached hydrogens (tertiary/aromatic N) is 2. The summed E-state index contributed by atoms with van der Waals surface area (Å²) >= 11 is 0. The lowest BCUT2D eigenvalue weighted by molar-refractivity contribution is 0.0953. The van der Waals surface area contributed by atoms with Gasteiger partial charge in [-0.05, 0) is 24.3 Å². The molecule has 5 N–H and O–H groups in total. The lowest BCUT2D eigenvalue weighted by atomic mass is 10.1. The van der Waals surface area contributed by atoms with Crippen molar-refractivity contribution in [3.8, 4) is 0 Å². The fraction of sp³-hybridized carbons (Fsp3) is 0.364. The normalized spacial score (nSPS) is 16.9. The predicted octanol–water partition coefficient (Wildman–Crippen LogP) is -0.714. The minimum atomic E-state index is -0.275. The van der Waals surface area contributed by atoms with E-state index in [0.717, 1.165) is 31.9 Å². The molecule has 0 bridgehead atoms. The van der Waals surface area contributed by atoms with Crippen LogP contribution < -0.4 is 22.0 Å². The van der Waals surface area contributed by atoms with E-state index in [4.69, 9.17) is 11.7 Å². The van der Waals surface area contributed by atoms with Crippen molar-refractivity contribution in [3.63, 3.8) is 0 Å². The molecule has 0 aromatic heterocycles. The Balaban J connectivity index is 2.05. The van der Waals surface area contributed by atoms with Gasteiger partial charge in [0.25, 0.3) is 5.91 Å². The standard InChI is InChI=1S/C11H17N5O/c12-14-11(17)9-1-3-10(4-2-9)15-5-7-16(13)8-6-15/h1-4H,5-8,12-13H2,(H,14,17). The van der Waals surface area contributed by atoms with Crippen LogP contribution in [0.15, 0.2) is 24.3 Å². The summed E-state index contributed by atoms with van der Waals surface area (Å²) < 4.78 is 0. The van der Waals surface area contributed by atoms with Gasteiger partial charge in [-0.2, -0.15) is 0 Å². The Morgan fingerprint density at radius 3 is 2.24 bits per heavy atom. The molecule has 1 heterocycles. The smallest absolute Gasteiger partial charge is 0.265 e. The Kier molecular flexibility index (Phi) is 3.58. The van der Waals surface area contributed by atoms with Crippen molar-refractivity contribution in [3.05, 3.63) is 29.8 Å². The SMILES string of the molecule is NNC(=O)c1ccc(N2CCN(N)CC2)cc1. The molecule has 0 radical (unpaired) electrons. The number of hydrogen-bond acceptors (Lipinski definition) is 5. The van der Waals surface area contributed by atoms with Crippen LogP contribution in [0.25, 0.3) is 0 Å². The molecule has 17 heavy (non-hydrogen) atoms. The number of hydrogen-bond donors (Lipinski definition) is 3. The molecule has 1 aliphatic heterocycles. The predicted molar refractivity (Wildman–Crippen MR) is 66.1 cm³/mol. The fourth-order valence-electron chi connectivity index (χ4n) is 1.89. The largest absolute Gasteiger partial charge is 0.369 e. The van der Waals surface area contributed by atoms with E-state index in [1.54, 1.807) is 12.1 Å². The number of hydrazine groups is 2. The molecular weight excluding hydrogens is 218 g/mol. The van der Waals surface area contributed by atoms with Gasteiger partial charge in [0.05, 0.1) is 0 Å². The van der Waals surface area contributed by atoms with Gasteiger partial charge < -0.3 is 4.90 Å². The zero-order valence-electron chi connectivity index (χ0n) is 9.60. The summed E-state index contributed by atoms with van der Waals surface area (Å²) in [6.07, 6.45) is 0. The highest BCUT2D eigenvalue weighted by atomic mass is 16.2. The van der Waals surface area contributed by atoms with Gasteiger partial charge in [0.15, 0.2) is 0 Å². The molecule has 1 saturated heterocycles. The summed E-state index contributed by atoms with van der Waals surface area (Å²) in [5.41, 5.74) is 3.78. The van der Waals surface area contributed by atoms with E-state index >= 15 is 0 Å². The third-order valence-electron chi connectivity index (χ3n) is 2.94. The highest BCUT2D eigenvalue weighted by Crippen LogP contribution is 2.16. The molecule has 2 rings (SSSR count). The summed E-state index contributed by atoms with van der Waals surface area (Å²) in [5.74, 6) is 10.5. The first-order valence-corrected chi connectivity index (χ1v) is 5.56. The Hall–Kier alpha value is -1.63. The molecule has 0 aliphatic carbocycles. The average Bonchev–Trinajstić information content (AvgIpc) is 2.39. The molecule has 1 aliphatic rings. The van der Waals surface area contributed by atoms with Crippen LogP contribution in [0.1, 0.15) is 10.4 Å². The summed E-state index contributed by atoms with van der Waals surface area (Å²) in [4.78, 5) is 13.5. The minimum Gasteiger partial charge on any atom is -0.369 e. The van der Waals surface area contributed by atoms with Crippen LogP contribution in [0, 0.1) is 0 Å². The number of nitrogen functional groups attached to an aromatic ring is 1. The molecule has 92 valence electrons. The maximum absolute atomic E-state index is 11.3. The topological polar surface area (TPSA) is 87.6 Å². The van der Waals surface area contributed by atoms with E-state index in [0.29, 0.717) is 5.56 Å². The molecule has 0 saturated carbocycles. The van der Waals surface area contributed by atoms with Crippen LogP contribution in [0.3, 0.4) is 0 Å². The number of rotatable bonds is 2. The lowest BCUT2D eigenvalue weighted by Gasteiger charge is -2.33. The monoisotopic (exact) mass is 235 g/mol. The summed E-state index contributed by atoms with van der Waals surface area (Å²) in [6, 6.07) is 7.40. The summed E-state index contributed by atoms with van der Waals surface area (Å²) in [7, 11) is 0. The maximum Gasteiger partial charge on any atom is 0.265 e. The lowest BCUT2D eigenvalue weighted by Crippen LogP contribution is -2.49. The maximum atomic E-state index is 11.3. The Morgan fingerprint density at radius 2 is 1.71 bits per heavy atom. The number of amides is 1. The van der Waals surface area contributed by atoms with Gasteiger partial charge >= 0.3 is 0 Å². The molecule has 1 aromatic rings. The minimum absolute atomic E-state index is 0.275. The van der Waals surface area contributed by atoms with Gasteiger partial charge in [-0.15, -0.1) is 0 Å². The molecule has 6 heteroatoms. The number of nitrogens with two attached hydrogens (primary N) is 2. The molecule has 0 spiro atoms. The highest BCUT2D eigenvalue weighted by molar-refractivity contribution is 5.94. The Morgan fingerprint density at radius 1 is 1.12 bits per heavy atom. The first kappa shape index (κ1) is 11.8. The molecule has 6 nitrogen and oxygen atoms in total. The molecular formula is C11H17N5O. The highest BCUT2D eigenvalue weighted by Gasteiger charge is 2.14. The van der Waals surface area contributed by atoms with Crippen LogP contribution >= 0.6 is 0 Å². The van der Waals surface area contributed by atoms with Crippen LogP contribution in [0.5, 0.6) is 0 Å².